The number of nitrogens with zero attached hydrogens (tertiary/aromatic N) is 10. The lowest BCUT2D eigenvalue weighted by Crippen LogP contribution is -2.29. The van der Waals surface area contributed by atoms with Gasteiger partial charge >= 0.3 is 5.97 Å². The van der Waals surface area contributed by atoms with Gasteiger partial charge in [0.05, 0.1) is 61.3 Å². The number of nitrogen functional groups attached to an aromatic ring is 2. The number of fused-ring (bicyclic) bond motifs is 2. The molecule has 8 N–H and O–H groups in total. The maximum atomic E-state index is 13.7. The maximum absolute atomic E-state index is 13.7. The molecule has 4 aromatic carbocycles. The van der Waals surface area contributed by atoms with Gasteiger partial charge in [-0.05, 0) is 123 Å². The predicted molar refractivity (Wildman–Crippen MR) is 289 cm³/mol. The Morgan fingerprint density at radius 2 is 1.00 bits per heavy atom. The molecule has 10 rings (SSSR count). The molecule has 0 bridgehead atoms. The smallest absolute Gasteiger partial charge is 0.358 e. The number of halogens is 4. The molecule has 17 nitrogen and oxygen atoms in total. The molecule has 0 aliphatic carbocycles. The zero-order valence-corrected chi connectivity index (χ0v) is 42.0. The Morgan fingerprint density at radius 1 is 0.571 bits per heavy atom. The lowest BCUT2D eigenvalue weighted by molar-refractivity contribution is 0.0691. The SMILES string of the molecule is CC(N)c1cccc(C#N)n1.CC(NC(=O)c1nc(-c2cc(Cl)c3ncccc3c2)c(-c2ccc(F)cc2)nc1N)c1cccc(C#N)n1.Nc1nc(-c2ccc(F)cc2)c(-c2cc(Cl)c3ncccc3c2)nc1C(=O)O. The molecule has 2 unspecified atom stereocenters. The van der Waals surface area contributed by atoms with Crippen LogP contribution in [0, 0.1) is 34.3 Å². The number of nitrogens with one attached hydrogen (secondary N) is 1. The van der Waals surface area contributed by atoms with Crippen molar-refractivity contribution in [1.29, 1.82) is 10.5 Å². The van der Waals surface area contributed by atoms with Crippen molar-refractivity contribution in [2.24, 2.45) is 5.73 Å². The molecule has 0 spiro atoms. The highest BCUT2D eigenvalue weighted by Gasteiger charge is 2.24. The van der Waals surface area contributed by atoms with E-state index in [0.717, 1.165) is 16.5 Å². The molecular weight excluding hydrogens is 1030 g/mol. The largest absolute Gasteiger partial charge is 0.476 e. The number of nitrogens with two attached hydrogens (primary N) is 3. The average molecular weight is 1070 g/mol. The quantitative estimate of drug-likeness (QED) is 0.0897. The number of aromatic carboxylic acids is 1. The second kappa shape index (κ2) is 23.5. The number of carboxylic acids is 1. The van der Waals surface area contributed by atoms with Crippen LogP contribution in [-0.4, -0.2) is 56.9 Å². The van der Waals surface area contributed by atoms with Crippen LogP contribution < -0.4 is 22.5 Å². The van der Waals surface area contributed by atoms with E-state index in [1.54, 1.807) is 92.1 Å². The number of anilines is 2. The molecule has 0 saturated heterocycles. The van der Waals surface area contributed by atoms with Crippen LogP contribution in [0.3, 0.4) is 0 Å². The lowest BCUT2D eigenvalue weighted by Gasteiger charge is -2.16. The van der Waals surface area contributed by atoms with E-state index in [0.29, 0.717) is 71.8 Å². The van der Waals surface area contributed by atoms with Crippen LogP contribution in [0.25, 0.3) is 66.8 Å². The third-order valence-corrected chi connectivity index (χ3v) is 12.0. The molecule has 6 heterocycles. The predicted octanol–water partition coefficient (Wildman–Crippen LogP) is 10.9. The molecule has 0 radical (unpaired) electrons. The Labute approximate surface area is 447 Å². The second-order valence-electron chi connectivity index (χ2n) is 16.8. The molecule has 0 fully saturated rings. The summed E-state index contributed by atoms with van der Waals surface area (Å²) in [5.74, 6) is -3.03. The van der Waals surface area contributed by atoms with Crippen LogP contribution in [0.15, 0.2) is 146 Å². The summed E-state index contributed by atoms with van der Waals surface area (Å²) in [6.45, 7) is 3.57. The first-order valence-corrected chi connectivity index (χ1v) is 23.8. The fourth-order valence-corrected chi connectivity index (χ4v) is 8.22. The second-order valence-corrected chi connectivity index (χ2v) is 17.6. The van der Waals surface area contributed by atoms with Gasteiger partial charge < -0.3 is 27.6 Å². The summed E-state index contributed by atoms with van der Waals surface area (Å²) in [5, 5.41) is 32.1. The number of amides is 1. The summed E-state index contributed by atoms with van der Waals surface area (Å²) in [6, 6.07) is 39.0. The zero-order valence-electron chi connectivity index (χ0n) is 40.5. The van der Waals surface area contributed by atoms with Crippen LogP contribution in [-0.2, 0) is 0 Å². The lowest BCUT2D eigenvalue weighted by atomic mass is 10.0. The van der Waals surface area contributed by atoms with E-state index in [9.17, 15) is 23.5 Å². The van der Waals surface area contributed by atoms with Gasteiger partial charge in [-0.1, -0.05) is 47.5 Å². The van der Waals surface area contributed by atoms with Crippen molar-refractivity contribution in [2.45, 2.75) is 25.9 Å². The highest BCUT2D eigenvalue weighted by molar-refractivity contribution is 6.36. The normalized spacial score (nSPS) is 11.4. The number of carbonyl (C=O) groups is 2. The molecule has 6 aromatic heterocycles. The van der Waals surface area contributed by atoms with Gasteiger partial charge in [0.15, 0.2) is 23.0 Å². The maximum Gasteiger partial charge on any atom is 0.358 e. The topological polar surface area (TPSA) is 295 Å². The molecule has 0 aliphatic rings. The van der Waals surface area contributed by atoms with Gasteiger partial charge in [0.1, 0.15) is 35.2 Å². The highest BCUT2D eigenvalue weighted by atomic mass is 35.5. The Hall–Kier alpha value is -9.92. The number of benzene rings is 4. The fourth-order valence-electron chi connectivity index (χ4n) is 7.67. The molecule has 77 heavy (non-hydrogen) atoms. The number of aromatic nitrogens is 8. The number of pyridine rings is 4. The standard InChI is InChI=1S/C28H19ClFN7O.C20H12ClFN4O2.C8H9N3/c1-15(22-6-2-5-20(14-31)35-22)34-28(38)26-27(32)37-24(16-7-9-19(30)10-8-16)25(36-26)18-12-17-4-3-11-33-23(17)21(29)13-18;21-14-9-12(8-11-2-1-7-24-15(11)14)17-16(10-3-5-13(22)6-4-10)26-19(23)18(25-17)20(27)28;1-6(10)8-4-2-3-7(5-9)11-8/h2-13,15H,1H3,(H2,32,37)(H,34,38);1-9H,(H2,23,26)(H,27,28);2-4,6H,10H2,1H3. The minimum absolute atomic E-state index is 0.100. The summed E-state index contributed by atoms with van der Waals surface area (Å²) >= 11 is 12.9. The molecule has 2 atom stereocenters. The van der Waals surface area contributed by atoms with Gasteiger partial charge in [-0.15, -0.1) is 0 Å². The van der Waals surface area contributed by atoms with Crippen molar-refractivity contribution >= 4 is 68.5 Å². The van der Waals surface area contributed by atoms with E-state index in [1.807, 2.05) is 43.3 Å². The number of carboxylic acid groups (broad SMARTS) is 1. The van der Waals surface area contributed by atoms with E-state index in [2.05, 4.69) is 45.2 Å². The van der Waals surface area contributed by atoms with Gasteiger partial charge in [-0.2, -0.15) is 10.5 Å². The third kappa shape index (κ3) is 12.4. The van der Waals surface area contributed by atoms with Gasteiger partial charge in [0.25, 0.3) is 5.91 Å². The van der Waals surface area contributed by atoms with E-state index < -0.39 is 29.6 Å². The summed E-state index contributed by atoms with van der Waals surface area (Å²) < 4.78 is 27.0. The number of carbonyl (C=O) groups excluding carboxylic acids is 1. The van der Waals surface area contributed by atoms with E-state index in [-0.39, 0.29) is 40.5 Å². The molecule has 380 valence electrons. The fraction of sp³-hybridized carbons (Fsp3) is 0.0714. The van der Waals surface area contributed by atoms with Crippen LogP contribution in [0.5, 0.6) is 0 Å². The van der Waals surface area contributed by atoms with Crippen molar-refractivity contribution in [3.05, 3.63) is 202 Å². The van der Waals surface area contributed by atoms with Crippen molar-refractivity contribution in [3.63, 3.8) is 0 Å². The Bertz CT molecular complexity index is 3970. The van der Waals surface area contributed by atoms with Crippen molar-refractivity contribution in [1.82, 2.24) is 45.2 Å². The van der Waals surface area contributed by atoms with Gasteiger partial charge in [0, 0.05) is 51.5 Å². The monoisotopic (exact) mass is 1060 g/mol. The summed E-state index contributed by atoms with van der Waals surface area (Å²) in [6.07, 6.45) is 3.27. The minimum atomic E-state index is -1.30. The van der Waals surface area contributed by atoms with Gasteiger partial charge in [0.2, 0.25) is 0 Å². The number of hydrogen-bond acceptors (Lipinski definition) is 15. The van der Waals surface area contributed by atoms with Gasteiger partial charge in [-0.25, -0.2) is 43.5 Å². The van der Waals surface area contributed by atoms with E-state index >= 15 is 0 Å². The summed E-state index contributed by atoms with van der Waals surface area (Å²) in [4.78, 5) is 59.2. The molecule has 0 aliphatic heterocycles. The van der Waals surface area contributed by atoms with Crippen molar-refractivity contribution in [2.75, 3.05) is 11.5 Å². The third-order valence-electron chi connectivity index (χ3n) is 11.4. The highest BCUT2D eigenvalue weighted by Crippen LogP contribution is 2.37. The van der Waals surface area contributed by atoms with E-state index in [1.165, 1.54) is 36.4 Å². The Kier molecular flexibility index (Phi) is 16.3. The number of nitriles is 2. The van der Waals surface area contributed by atoms with Crippen LogP contribution in [0.4, 0.5) is 20.4 Å². The zero-order chi connectivity index (χ0) is 54.9. The van der Waals surface area contributed by atoms with Crippen LogP contribution >= 0.6 is 23.2 Å². The first-order chi connectivity index (χ1) is 37.0. The summed E-state index contributed by atoms with van der Waals surface area (Å²) in [7, 11) is 0. The number of hydrogen-bond donors (Lipinski definition) is 5. The minimum Gasteiger partial charge on any atom is -0.476 e. The molecule has 21 heteroatoms. The molecule has 1 amide bonds. The average Bonchev–Trinajstić information content (AvgIpc) is 3.43. The van der Waals surface area contributed by atoms with Crippen LogP contribution in [0.2, 0.25) is 10.0 Å². The molecular formula is C56H40Cl2F2N14O3. The Morgan fingerprint density at radius 3 is 1.45 bits per heavy atom. The summed E-state index contributed by atoms with van der Waals surface area (Å²) in [5.41, 5.74) is 23.7. The van der Waals surface area contributed by atoms with Crippen molar-refractivity contribution in [3.8, 4) is 57.2 Å². The van der Waals surface area contributed by atoms with Crippen LogP contribution in [0.1, 0.15) is 69.7 Å². The number of rotatable bonds is 9. The van der Waals surface area contributed by atoms with E-state index in [4.69, 9.17) is 50.9 Å². The first kappa shape index (κ1) is 53.4. The van der Waals surface area contributed by atoms with Gasteiger partial charge in [-0.3, -0.25) is 14.8 Å². The Balaban J connectivity index is 0.000000175. The van der Waals surface area contributed by atoms with Crippen molar-refractivity contribution < 1.29 is 23.5 Å². The first-order valence-electron chi connectivity index (χ1n) is 23.0. The molecule has 10 aromatic rings. The molecule has 0 saturated carbocycles.